The Balaban J connectivity index is 1.56. The molecule has 0 N–H and O–H groups in total. The van der Waals surface area contributed by atoms with Gasteiger partial charge in [-0.25, -0.2) is 0 Å². The van der Waals surface area contributed by atoms with Crippen molar-refractivity contribution in [3.8, 4) is 11.1 Å². The first-order chi connectivity index (χ1) is 16.0. The van der Waals surface area contributed by atoms with Crippen molar-refractivity contribution in [3.05, 3.63) is 66.6 Å². The van der Waals surface area contributed by atoms with Crippen LogP contribution in [-0.4, -0.2) is 37.5 Å². The second-order valence-electron chi connectivity index (χ2n) is 8.93. The predicted molar refractivity (Wildman–Crippen MR) is 131 cm³/mol. The number of piperidine rings is 1. The minimum Gasteiger partial charge on any atom is -0.459 e. The van der Waals surface area contributed by atoms with Crippen molar-refractivity contribution >= 4 is 28.9 Å². The third-order valence-electron chi connectivity index (χ3n) is 6.63. The number of carbonyl (C=O) groups excluding carboxylic acids is 2. The Bertz CT molecular complexity index is 1170. The van der Waals surface area contributed by atoms with Gasteiger partial charge in [-0.05, 0) is 73.7 Å². The molecule has 1 saturated heterocycles. The SMILES string of the molecule is CC(=O)N1c2ccc(-c3cccc(N4CCCCC4)c3)cc2N(C(=O)c2ccco2)C[C@@H]1C. The highest BCUT2D eigenvalue weighted by Crippen LogP contribution is 2.40. The molecule has 6 nitrogen and oxygen atoms in total. The molecule has 0 bridgehead atoms. The van der Waals surface area contributed by atoms with Crippen molar-refractivity contribution < 1.29 is 14.0 Å². The fourth-order valence-electron chi connectivity index (χ4n) is 5.04. The number of anilines is 3. The van der Waals surface area contributed by atoms with Crippen LogP contribution in [0, 0.1) is 0 Å². The van der Waals surface area contributed by atoms with Gasteiger partial charge < -0.3 is 19.1 Å². The van der Waals surface area contributed by atoms with Gasteiger partial charge in [-0.1, -0.05) is 18.2 Å². The summed E-state index contributed by atoms with van der Waals surface area (Å²) in [6.45, 7) is 6.11. The first-order valence-corrected chi connectivity index (χ1v) is 11.7. The molecule has 170 valence electrons. The van der Waals surface area contributed by atoms with Gasteiger partial charge in [-0.3, -0.25) is 9.59 Å². The Morgan fingerprint density at radius 3 is 2.42 bits per heavy atom. The highest BCUT2D eigenvalue weighted by molar-refractivity contribution is 6.10. The minimum atomic E-state index is -0.199. The Labute approximate surface area is 194 Å². The average molecular weight is 444 g/mol. The first kappa shape index (κ1) is 21.3. The van der Waals surface area contributed by atoms with Crippen LogP contribution in [0.5, 0.6) is 0 Å². The molecular weight excluding hydrogens is 414 g/mol. The minimum absolute atomic E-state index is 0.0336. The second kappa shape index (κ2) is 8.77. The molecule has 1 atom stereocenters. The second-order valence-corrected chi connectivity index (χ2v) is 8.93. The van der Waals surface area contributed by atoms with E-state index in [1.807, 2.05) is 25.1 Å². The molecule has 3 aromatic rings. The zero-order chi connectivity index (χ0) is 22.9. The van der Waals surface area contributed by atoms with Crippen LogP contribution >= 0.6 is 0 Å². The Morgan fingerprint density at radius 1 is 0.909 bits per heavy atom. The smallest absolute Gasteiger partial charge is 0.294 e. The number of benzene rings is 2. The van der Waals surface area contributed by atoms with E-state index in [2.05, 4.69) is 29.2 Å². The maximum absolute atomic E-state index is 13.3. The van der Waals surface area contributed by atoms with E-state index in [0.717, 1.165) is 35.6 Å². The molecule has 0 saturated carbocycles. The summed E-state index contributed by atoms with van der Waals surface area (Å²) in [6.07, 6.45) is 5.26. The molecule has 2 aliphatic heterocycles. The van der Waals surface area contributed by atoms with E-state index in [0.29, 0.717) is 12.3 Å². The van der Waals surface area contributed by atoms with Crippen LogP contribution < -0.4 is 14.7 Å². The fourth-order valence-corrected chi connectivity index (χ4v) is 5.04. The molecule has 0 spiro atoms. The molecule has 1 fully saturated rings. The normalized spacial score (nSPS) is 18.2. The van der Waals surface area contributed by atoms with E-state index in [9.17, 15) is 9.59 Å². The van der Waals surface area contributed by atoms with Gasteiger partial charge in [0.1, 0.15) is 0 Å². The molecule has 6 heteroatoms. The van der Waals surface area contributed by atoms with E-state index in [1.54, 1.807) is 28.9 Å². The lowest BCUT2D eigenvalue weighted by atomic mass is 9.99. The van der Waals surface area contributed by atoms with Crippen LogP contribution in [0.4, 0.5) is 17.1 Å². The largest absolute Gasteiger partial charge is 0.459 e. The lowest BCUT2D eigenvalue weighted by Gasteiger charge is -2.40. The van der Waals surface area contributed by atoms with Gasteiger partial charge in [0.2, 0.25) is 5.91 Å². The summed E-state index contributed by atoms with van der Waals surface area (Å²) in [7, 11) is 0. The summed E-state index contributed by atoms with van der Waals surface area (Å²) in [5.74, 6) is 0.0612. The zero-order valence-corrected chi connectivity index (χ0v) is 19.2. The number of fused-ring (bicyclic) bond motifs is 1. The summed E-state index contributed by atoms with van der Waals surface area (Å²) in [5, 5.41) is 0. The Kier molecular flexibility index (Phi) is 5.67. The van der Waals surface area contributed by atoms with Gasteiger partial charge in [0.05, 0.1) is 23.7 Å². The summed E-state index contributed by atoms with van der Waals surface area (Å²) >= 11 is 0. The van der Waals surface area contributed by atoms with E-state index >= 15 is 0 Å². The molecule has 0 aliphatic carbocycles. The van der Waals surface area contributed by atoms with Crippen LogP contribution in [0.15, 0.2) is 65.3 Å². The summed E-state index contributed by atoms with van der Waals surface area (Å²) in [4.78, 5) is 31.7. The quantitative estimate of drug-likeness (QED) is 0.548. The van der Waals surface area contributed by atoms with Crippen LogP contribution in [-0.2, 0) is 4.79 Å². The van der Waals surface area contributed by atoms with Gasteiger partial charge in [0, 0.05) is 32.2 Å². The van der Waals surface area contributed by atoms with Crippen molar-refractivity contribution in [1.29, 1.82) is 0 Å². The van der Waals surface area contributed by atoms with Crippen LogP contribution in [0.3, 0.4) is 0 Å². The Hall–Kier alpha value is -3.54. The van der Waals surface area contributed by atoms with Crippen molar-refractivity contribution in [1.82, 2.24) is 0 Å². The average Bonchev–Trinajstić information content (AvgIpc) is 3.38. The van der Waals surface area contributed by atoms with Gasteiger partial charge in [0.25, 0.3) is 5.91 Å². The molecule has 0 unspecified atom stereocenters. The van der Waals surface area contributed by atoms with E-state index in [1.165, 1.54) is 31.2 Å². The topological polar surface area (TPSA) is 57.0 Å². The fraction of sp³-hybridized carbons (Fsp3) is 0.333. The third kappa shape index (κ3) is 4.01. The molecule has 2 amide bonds. The first-order valence-electron chi connectivity index (χ1n) is 11.7. The number of rotatable bonds is 3. The number of nitrogens with zero attached hydrogens (tertiary/aromatic N) is 3. The highest BCUT2D eigenvalue weighted by Gasteiger charge is 2.35. The molecule has 1 aromatic heterocycles. The molecular formula is C27H29N3O3. The molecule has 2 aromatic carbocycles. The lowest BCUT2D eigenvalue weighted by molar-refractivity contribution is -0.117. The maximum atomic E-state index is 13.3. The molecule has 33 heavy (non-hydrogen) atoms. The number of hydrogen-bond donors (Lipinski definition) is 0. The highest BCUT2D eigenvalue weighted by atomic mass is 16.3. The van der Waals surface area contributed by atoms with Crippen LogP contribution in [0.1, 0.15) is 43.7 Å². The van der Waals surface area contributed by atoms with Gasteiger partial charge in [0.15, 0.2) is 5.76 Å². The number of hydrogen-bond acceptors (Lipinski definition) is 4. The number of furan rings is 1. The zero-order valence-electron chi connectivity index (χ0n) is 19.2. The van der Waals surface area contributed by atoms with E-state index < -0.39 is 0 Å². The standard InChI is InChI=1S/C27H29N3O3/c1-19-18-29(27(32)26-10-7-15-33-26)25-17-22(11-12-24(25)30(19)20(2)31)21-8-6-9-23(16-21)28-13-4-3-5-14-28/h6-12,15-17,19H,3-5,13-14,18H2,1-2H3/t19-/m0/s1. The van der Waals surface area contributed by atoms with E-state index in [4.69, 9.17) is 4.42 Å². The van der Waals surface area contributed by atoms with Gasteiger partial charge >= 0.3 is 0 Å². The molecule has 2 aliphatic rings. The Morgan fingerprint density at radius 2 is 1.70 bits per heavy atom. The van der Waals surface area contributed by atoms with Crippen molar-refractivity contribution in [2.75, 3.05) is 34.3 Å². The maximum Gasteiger partial charge on any atom is 0.294 e. The lowest BCUT2D eigenvalue weighted by Crippen LogP contribution is -2.51. The predicted octanol–water partition coefficient (Wildman–Crippen LogP) is 5.34. The number of amides is 2. The van der Waals surface area contributed by atoms with Crippen molar-refractivity contribution in [2.45, 2.75) is 39.2 Å². The van der Waals surface area contributed by atoms with E-state index in [-0.39, 0.29) is 17.9 Å². The molecule has 0 radical (unpaired) electrons. The third-order valence-corrected chi connectivity index (χ3v) is 6.63. The summed E-state index contributed by atoms with van der Waals surface area (Å²) in [6, 6.07) is 17.8. The molecule has 5 rings (SSSR count). The molecule has 3 heterocycles. The number of carbonyl (C=O) groups is 2. The van der Waals surface area contributed by atoms with Crippen LogP contribution in [0.25, 0.3) is 11.1 Å². The summed E-state index contributed by atoms with van der Waals surface area (Å²) < 4.78 is 5.39. The summed E-state index contributed by atoms with van der Waals surface area (Å²) in [5.41, 5.74) is 4.82. The monoisotopic (exact) mass is 443 g/mol. The van der Waals surface area contributed by atoms with Crippen LogP contribution in [0.2, 0.25) is 0 Å². The van der Waals surface area contributed by atoms with Gasteiger partial charge in [-0.2, -0.15) is 0 Å². The van der Waals surface area contributed by atoms with Crippen molar-refractivity contribution in [2.24, 2.45) is 0 Å². The van der Waals surface area contributed by atoms with Gasteiger partial charge in [-0.15, -0.1) is 0 Å². The van der Waals surface area contributed by atoms with Crippen molar-refractivity contribution in [3.63, 3.8) is 0 Å².